The third kappa shape index (κ3) is 2.64. The van der Waals surface area contributed by atoms with Crippen molar-refractivity contribution in [2.75, 3.05) is 26.3 Å². The summed E-state index contributed by atoms with van der Waals surface area (Å²) < 4.78 is 31.0. The van der Waals surface area contributed by atoms with Crippen molar-refractivity contribution in [1.82, 2.24) is 4.31 Å². The highest BCUT2D eigenvalue weighted by Crippen LogP contribution is 2.20. The fraction of sp³-hybridized carbons (Fsp3) is 0.455. The van der Waals surface area contributed by atoms with Gasteiger partial charge < -0.3 is 14.9 Å². The molecule has 18 heavy (non-hydrogen) atoms. The van der Waals surface area contributed by atoms with Crippen molar-refractivity contribution in [3.05, 3.63) is 24.3 Å². The first kappa shape index (κ1) is 13.3. The smallest absolute Gasteiger partial charge is 0.243 e. The maximum absolute atomic E-state index is 12.3. The summed E-state index contributed by atoms with van der Waals surface area (Å²) in [5.41, 5.74) is 0. The maximum atomic E-state index is 12.3. The second-order valence-corrected chi connectivity index (χ2v) is 5.97. The highest BCUT2D eigenvalue weighted by molar-refractivity contribution is 7.89. The van der Waals surface area contributed by atoms with E-state index in [1.807, 2.05) is 0 Å². The summed E-state index contributed by atoms with van der Waals surface area (Å²) in [6.45, 7) is 0.462. The van der Waals surface area contributed by atoms with Crippen LogP contribution in [0.15, 0.2) is 29.2 Å². The van der Waals surface area contributed by atoms with Crippen molar-refractivity contribution >= 4 is 10.0 Å². The number of aliphatic hydroxyl groups excluding tert-OH is 1. The van der Waals surface area contributed by atoms with Gasteiger partial charge in [-0.2, -0.15) is 4.31 Å². The highest BCUT2D eigenvalue weighted by atomic mass is 32.2. The quantitative estimate of drug-likeness (QED) is 0.794. The molecule has 1 aliphatic rings. The van der Waals surface area contributed by atoms with Gasteiger partial charge in [-0.25, -0.2) is 8.42 Å². The van der Waals surface area contributed by atoms with E-state index in [-0.39, 0.29) is 36.9 Å². The Hall–Kier alpha value is -1.15. The summed E-state index contributed by atoms with van der Waals surface area (Å²) in [6, 6.07) is 5.37. The lowest BCUT2D eigenvalue weighted by Gasteiger charge is -2.31. The molecule has 1 aromatic carbocycles. The zero-order valence-electron chi connectivity index (χ0n) is 9.69. The molecule has 0 amide bonds. The molecule has 6 nitrogen and oxygen atoms in total. The van der Waals surface area contributed by atoms with Crippen molar-refractivity contribution in [1.29, 1.82) is 0 Å². The lowest BCUT2D eigenvalue weighted by atomic mass is 10.3. The van der Waals surface area contributed by atoms with Crippen LogP contribution >= 0.6 is 0 Å². The molecule has 0 aromatic heterocycles. The Morgan fingerprint density at radius 2 is 2.00 bits per heavy atom. The number of aromatic hydroxyl groups is 1. The molecule has 1 aromatic rings. The summed E-state index contributed by atoms with van der Waals surface area (Å²) in [7, 11) is -3.59. The average Bonchev–Trinajstić information content (AvgIpc) is 2.39. The van der Waals surface area contributed by atoms with E-state index < -0.39 is 16.1 Å². The molecule has 0 spiro atoms. The first-order chi connectivity index (χ1) is 8.54. The van der Waals surface area contributed by atoms with Gasteiger partial charge in [0.2, 0.25) is 10.0 Å². The first-order valence-corrected chi connectivity index (χ1v) is 6.99. The van der Waals surface area contributed by atoms with Gasteiger partial charge in [0.25, 0.3) is 0 Å². The number of hydrogen-bond acceptors (Lipinski definition) is 5. The predicted molar refractivity (Wildman–Crippen MR) is 63.7 cm³/mol. The van der Waals surface area contributed by atoms with E-state index in [4.69, 9.17) is 14.9 Å². The SMILES string of the molecule is O=S(=O)(c1ccc(O)cc1)N1CCOC(CO)C1. The summed E-state index contributed by atoms with van der Waals surface area (Å²) in [6.07, 6.45) is -0.481. The molecule has 100 valence electrons. The van der Waals surface area contributed by atoms with Crippen molar-refractivity contribution in [2.24, 2.45) is 0 Å². The second kappa shape index (κ2) is 5.23. The minimum Gasteiger partial charge on any atom is -0.508 e. The molecule has 0 aliphatic carbocycles. The van der Waals surface area contributed by atoms with Gasteiger partial charge >= 0.3 is 0 Å². The van der Waals surface area contributed by atoms with E-state index in [0.29, 0.717) is 0 Å². The fourth-order valence-corrected chi connectivity index (χ4v) is 3.24. The number of nitrogens with zero attached hydrogens (tertiary/aromatic N) is 1. The van der Waals surface area contributed by atoms with Gasteiger partial charge in [0.1, 0.15) is 5.75 Å². The number of benzene rings is 1. The van der Waals surface area contributed by atoms with E-state index in [0.717, 1.165) is 0 Å². The Bertz CT molecular complexity index is 499. The first-order valence-electron chi connectivity index (χ1n) is 5.55. The van der Waals surface area contributed by atoms with Crippen LogP contribution in [0.1, 0.15) is 0 Å². The van der Waals surface area contributed by atoms with Crippen LogP contribution in [-0.4, -0.2) is 55.3 Å². The van der Waals surface area contributed by atoms with Gasteiger partial charge in [0.05, 0.1) is 24.2 Å². The monoisotopic (exact) mass is 273 g/mol. The molecule has 2 N–H and O–H groups in total. The third-order valence-corrected chi connectivity index (χ3v) is 4.66. The molecule has 7 heteroatoms. The number of rotatable bonds is 3. The topological polar surface area (TPSA) is 87.1 Å². The normalized spacial score (nSPS) is 21.9. The number of phenols is 1. The summed E-state index contributed by atoms with van der Waals surface area (Å²) >= 11 is 0. The van der Waals surface area contributed by atoms with Crippen LogP contribution in [0.5, 0.6) is 5.75 Å². The van der Waals surface area contributed by atoms with Crippen LogP contribution in [-0.2, 0) is 14.8 Å². The van der Waals surface area contributed by atoms with Gasteiger partial charge in [-0.05, 0) is 24.3 Å². The minimum atomic E-state index is -3.59. The van der Waals surface area contributed by atoms with Crippen molar-refractivity contribution < 1.29 is 23.4 Å². The van der Waals surface area contributed by atoms with Crippen molar-refractivity contribution in [3.63, 3.8) is 0 Å². The Morgan fingerprint density at radius 3 is 2.61 bits per heavy atom. The lowest BCUT2D eigenvalue weighted by molar-refractivity contribution is -0.0304. The number of hydrogen-bond donors (Lipinski definition) is 2. The largest absolute Gasteiger partial charge is 0.508 e. The number of aliphatic hydroxyl groups is 1. The van der Waals surface area contributed by atoms with Crippen LogP contribution in [0.25, 0.3) is 0 Å². The van der Waals surface area contributed by atoms with E-state index in [2.05, 4.69) is 0 Å². The summed E-state index contributed by atoms with van der Waals surface area (Å²) in [5.74, 6) is 0.0177. The fourth-order valence-electron chi connectivity index (χ4n) is 1.79. The zero-order chi connectivity index (χ0) is 13.2. The van der Waals surface area contributed by atoms with E-state index in [1.54, 1.807) is 0 Å². The molecule has 0 saturated carbocycles. The zero-order valence-corrected chi connectivity index (χ0v) is 10.5. The van der Waals surface area contributed by atoms with Gasteiger partial charge in [-0.3, -0.25) is 0 Å². The molecule has 1 atom stereocenters. The predicted octanol–water partition coefficient (Wildman–Crippen LogP) is -0.226. The number of morpholine rings is 1. The molecule has 1 unspecified atom stereocenters. The molecule has 1 aliphatic heterocycles. The van der Waals surface area contributed by atoms with Gasteiger partial charge in [-0.1, -0.05) is 0 Å². The maximum Gasteiger partial charge on any atom is 0.243 e. The third-order valence-electron chi connectivity index (χ3n) is 2.78. The number of phenolic OH excluding ortho intramolecular Hbond substituents is 1. The van der Waals surface area contributed by atoms with Gasteiger partial charge in [-0.15, -0.1) is 0 Å². The van der Waals surface area contributed by atoms with Crippen LogP contribution in [0.4, 0.5) is 0 Å². The van der Waals surface area contributed by atoms with E-state index in [9.17, 15) is 8.42 Å². The Kier molecular flexibility index (Phi) is 3.86. The van der Waals surface area contributed by atoms with Crippen LogP contribution in [0, 0.1) is 0 Å². The van der Waals surface area contributed by atoms with Gasteiger partial charge in [0.15, 0.2) is 0 Å². The average molecular weight is 273 g/mol. The molecule has 1 fully saturated rings. The second-order valence-electron chi connectivity index (χ2n) is 4.03. The summed E-state index contributed by atoms with van der Waals surface area (Å²) in [4.78, 5) is 0.124. The lowest BCUT2D eigenvalue weighted by Crippen LogP contribution is -2.46. The molecular formula is C11H15NO5S. The molecule has 2 rings (SSSR count). The molecule has 0 bridgehead atoms. The number of sulfonamides is 1. The Morgan fingerprint density at radius 1 is 1.33 bits per heavy atom. The highest BCUT2D eigenvalue weighted by Gasteiger charge is 2.30. The standard InChI is InChI=1S/C11H15NO5S/c13-8-10-7-12(5-6-17-10)18(15,16)11-3-1-9(14)2-4-11/h1-4,10,13-14H,5-8H2. The Balaban J connectivity index is 2.22. The van der Waals surface area contributed by atoms with Crippen LogP contribution < -0.4 is 0 Å². The Labute approximate surface area is 105 Å². The molecule has 1 heterocycles. The van der Waals surface area contributed by atoms with Crippen LogP contribution in [0.2, 0.25) is 0 Å². The number of ether oxygens (including phenoxy) is 1. The molecule has 1 saturated heterocycles. The summed E-state index contributed by atoms with van der Waals surface area (Å²) in [5, 5.41) is 18.2. The van der Waals surface area contributed by atoms with E-state index in [1.165, 1.54) is 28.6 Å². The molecule has 0 radical (unpaired) electrons. The van der Waals surface area contributed by atoms with Crippen molar-refractivity contribution in [2.45, 2.75) is 11.0 Å². The minimum absolute atomic E-state index is 0.0177. The van der Waals surface area contributed by atoms with E-state index >= 15 is 0 Å². The van der Waals surface area contributed by atoms with Crippen LogP contribution in [0.3, 0.4) is 0 Å². The van der Waals surface area contributed by atoms with Gasteiger partial charge in [0, 0.05) is 13.1 Å². The molecular weight excluding hydrogens is 258 g/mol. The van der Waals surface area contributed by atoms with Crippen molar-refractivity contribution in [3.8, 4) is 5.75 Å².